The highest BCUT2D eigenvalue weighted by Gasteiger charge is 2.22. The fourth-order valence-electron chi connectivity index (χ4n) is 3.16. The molecular formula is C22H26N4O2S. The van der Waals surface area contributed by atoms with Crippen LogP contribution in [-0.4, -0.2) is 34.2 Å². The number of nitrogens with one attached hydrogen (secondary N) is 2. The molecule has 2 amide bonds. The molecule has 0 unspecified atom stereocenters. The van der Waals surface area contributed by atoms with Gasteiger partial charge >= 0.3 is 0 Å². The number of thiophene rings is 1. The van der Waals surface area contributed by atoms with E-state index >= 15 is 0 Å². The van der Waals surface area contributed by atoms with Crippen LogP contribution in [0.5, 0.6) is 0 Å². The normalized spacial score (nSPS) is 11.8. The van der Waals surface area contributed by atoms with Crippen molar-refractivity contribution < 1.29 is 9.59 Å². The van der Waals surface area contributed by atoms with E-state index in [0.29, 0.717) is 17.8 Å². The van der Waals surface area contributed by atoms with Crippen LogP contribution in [0.15, 0.2) is 53.9 Å². The van der Waals surface area contributed by atoms with Gasteiger partial charge in [-0.25, -0.2) is 0 Å². The Balaban J connectivity index is 1.57. The van der Waals surface area contributed by atoms with Gasteiger partial charge in [0.15, 0.2) is 0 Å². The second-order valence-electron chi connectivity index (χ2n) is 6.99. The molecule has 3 rings (SSSR count). The Morgan fingerprint density at radius 2 is 1.93 bits per heavy atom. The van der Waals surface area contributed by atoms with E-state index in [1.54, 1.807) is 6.07 Å². The first-order chi connectivity index (χ1) is 14.0. The number of aryl methyl sites for hydroxylation is 3. The van der Waals surface area contributed by atoms with Gasteiger partial charge in [0.25, 0.3) is 5.91 Å². The van der Waals surface area contributed by atoms with Gasteiger partial charge < -0.3 is 10.6 Å². The number of amides is 2. The second-order valence-corrected chi connectivity index (χ2v) is 7.94. The molecule has 0 bridgehead atoms. The monoisotopic (exact) mass is 410 g/mol. The molecule has 29 heavy (non-hydrogen) atoms. The van der Waals surface area contributed by atoms with E-state index in [1.165, 1.54) is 11.3 Å². The Bertz CT molecular complexity index is 935. The molecule has 6 nitrogen and oxygen atoms in total. The summed E-state index contributed by atoms with van der Waals surface area (Å²) in [6.07, 6.45) is 1.21. The van der Waals surface area contributed by atoms with Crippen molar-refractivity contribution >= 4 is 23.2 Å². The van der Waals surface area contributed by atoms with Gasteiger partial charge in [-0.1, -0.05) is 36.4 Å². The summed E-state index contributed by atoms with van der Waals surface area (Å²) >= 11 is 1.36. The van der Waals surface area contributed by atoms with Crippen molar-refractivity contribution in [2.24, 2.45) is 0 Å². The molecule has 0 aliphatic carbocycles. The molecule has 0 fully saturated rings. The number of rotatable bonds is 9. The zero-order chi connectivity index (χ0) is 20.6. The van der Waals surface area contributed by atoms with Crippen molar-refractivity contribution in [1.82, 2.24) is 20.4 Å². The molecular weight excluding hydrogens is 384 g/mol. The predicted octanol–water partition coefficient (Wildman–Crippen LogP) is 3.11. The van der Waals surface area contributed by atoms with Crippen LogP contribution in [0.4, 0.5) is 0 Å². The third-order valence-corrected chi connectivity index (χ3v) is 5.47. The van der Waals surface area contributed by atoms with Crippen LogP contribution in [0, 0.1) is 13.8 Å². The van der Waals surface area contributed by atoms with Crippen molar-refractivity contribution in [3.05, 3.63) is 75.7 Å². The number of aromatic nitrogens is 2. The zero-order valence-electron chi connectivity index (χ0n) is 16.7. The Morgan fingerprint density at radius 3 is 2.59 bits per heavy atom. The summed E-state index contributed by atoms with van der Waals surface area (Å²) < 4.78 is 1.95. The minimum Gasteiger partial charge on any atom is -0.354 e. The number of hydrogen-bond donors (Lipinski definition) is 2. The Hall–Kier alpha value is -2.93. The third kappa shape index (κ3) is 6.02. The summed E-state index contributed by atoms with van der Waals surface area (Å²) in [6, 6.07) is 14.7. The summed E-state index contributed by atoms with van der Waals surface area (Å²) in [5.41, 5.74) is 3.10. The molecule has 0 aliphatic heterocycles. The SMILES string of the molecule is Cc1cc(C)n(CCCNC(=O)[C@H](Cc2ccccc2)NC(=O)c2cccs2)n1. The molecule has 0 saturated carbocycles. The lowest BCUT2D eigenvalue weighted by molar-refractivity contribution is -0.122. The van der Waals surface area contributed by atoms with Crippen LogP contribution in [0.3, 0.4) is 0 Å². The molecule has 0 radical (unpaired) electrons. The lowest BCUT2D eigenvalue weighted by atomic mass is 10.1. The minimum atomic E-state index is -0.624. The first-order valence-corrected chi connectivity index (χ1v) is 10.6. The summed E-state index contributed by atoms with van der Waals surface area (Å²) in [7, 11) is 0. The first-order valence-electron chi connectivity index (χ1n) is 9.70. The quantitative estimate of drug-likeness (QED) is 0.532. The van der Waals surface area contributed by atoms with Crippen molar-refractivity contribution in [3.8, 4) is 0 Å². The average molecular weight is 411 g/mol. The van der Waals surface area contributed by atoms with Gasteiger partial charge in [-0.2, -0.15) is 5.10 Å². The minimum absolute atomic E-state index is 0.174. The van der Waals surface area contributed by atoms with Gasteiger partial charge in [-0.3, -0.25) is 14.3 Å². The number of carbonyl (C=O) groups is 2. The number of nitrogens with zero attached hydrogens (tertiary/aromatic N) is 2. The molecule has 0 saturated heterocycles. The molecule has 3 aromatic rings. The van der Waals surface area contributed by atoms with E-state index in [2.05, 4.69) is 15.7 Å². The van der Waals surface area contributed by atoms with Gasteiger partial charge in [-0.15, -0.1) is 11.3 Å². The predicted molar refractivity (Wildman–Crippen MR) is 115 cm³/mol. The fourth-order valence-corrected chi connectivity index (χ4v) is 3.79. The van der Waals surface area contributed by atoms with E-state index in [0.717, 1.165) is 29.9 Å². The zero-order valence-corrected chi connectivity index (χ0v) is 17.5. The number of benzene rings is 1. The molecule has 0 aliphatic rings. The molecule has 0 spiro atoms. The van der Waals surface area contributed by atoms with Gasteiger partial charge in [0.05, 0.1) is 10.6 Å². The molecule has 7 heteroatoms. The van der Waals surface area contributed by atoms with Crippen LogP contribution in [0.25, 0.3) is 0 Å². The van der Waals surface area contributed by atoms with E-state index in [4.69, 9.17) is 0 Å². The Labute approximate surface area is 175 Å². The largest absolute Gasteiger partial charge is 0.354 e. The van der Waals surface area contributed by atoms with Crippen molar-refractivity contribution in [3.63, 3.8) is 0 Å². The highest BCUT2D eigenvalue weighted by atomic mass is 32.1. The molecule has 1 aromatic carbocycles. The lowest BCUT2D eigenvalue weighted by Gasteiger charge is -2.18. The van der Waals surface area contributed by atoms with Crippen molar-refractivity contribution in [2.45, 2.75) is 39.3 Å². The van der Waals surface area contributed by atoms with Crippen molar-refractivity contribution in [2.75, 3.05) is 6.54 Å². The summed E-state index contributed by atoms with van der Waals surface area (Å²) in [5, 5.41) is 12.1. The molecule has 2 aromatic heterocycles. The molecule has 1 atom stereocenters. The van der Waals surface area contributed by atoms with Crippen LogP contribution in [-0.2, 0) is 17.8 Å². The van der Waals surface area contributed by atoms with E-state index in [9.17, 15) is 9.59 Å². The summed E-state index contributed by atoms with van der Waals surface area (Å²) in [6.45, 7) is 5.26. The smallest absolute Gasteiger partial charge is 0.262 e. The lowest BCUT2D eigenvalue weighted by Crippen LogP contribution is -2.48. The van der Waals surface area contributed by atoms with E-state index < -0.39 is 6.04 Å². The van der Waals surface area contributed by atoms with Crippen LogP contribution in [0.1, 0.15) is 33.0 Å². The summed E-state index contributed by atoms with van der Waals surface area (Å²) in [4.78, 5) is 25.9. The third-order valence-electron chi connectivity index (χ3n) is 4.60. The van der Waals surface area contributed by atoms with Crippen LogP contribution < -0.4 is 10.6 Å². The second kappa shape index (κ2) is 10.0. The van der Waals surface area contributed by atoms with Gasteiger partial charge in [0, 0.05) is 25.2 Å². The van der Waals surface area contributed by atoms with Crippen LogP contribution in [0.2, 0.25) is 0 Å². The topological polar surface area (TPSA) is 76.0 Å². The Kier molecular flexibility index (Phi) is 7.19. The fraction of sp³-hybridized carbons (Fsp3) is 0.318. The maximum atomic E-state index is 12.8. The highest BCUT2D eigenvalue weighted by Crippen LogP contribution is 2.10. The van der Waals surface area contributed by atoms with Gasteiger partial charge in [0.2, 0.25) is 5.91 Å². The maximum Gasteiger partial charge on any atom is 0.262 e. The number of hydrogen-bond acceptors (Lipinski definition) is 4. The summed E-state index contributed by atoms with van der Waals surface area (Å²) in [5.74, 6) is -0.397. The van der Waals surface area contributed by atoms with E-state index in [-0.39, 0.29) is 11.8 Å². The molecule has 152 valence electrons. The van der Waals surface area contributed by atoms with Gasteiger partial charge in [0.1, 0.15) is 6.04 Å². The van der Waals surface area contributed by atoms with Crippen molar-refractivity contribution in [1.29, 1.82) is 0 Å². The first kappa shape index (κ1) is 20.8. The number of carbonyl (C=O) groups excluding carboxylic acids is 2. The Morgan fingerprint density at radius 1 is 1.14 bits per heavy atom. The highest BCUT2D eigenvalue weighted by molar-refractivity contribution is 7.12. The maximum absolute atomic E-state index is 12.8. The average Bonchev–Trinajstić information content (AvgIpc) is 3.35. The van der Waals surface area contributed by atoms with E-state index in [1.807, 2.05) is 66.4 Å². The standard InChI is InChI=1S/C22H26N4O2S/c1-16-14-17(2)26(25-16)12-7-11-23-21(27)19(15-18-8-4-3-5-9-18)24-22(28)20-10-6-13-29-20/h3-6,8-10,13-14,19H,7,11-12,15H2,1-2H3,(H,23,27)(H,24,28)/t19-/m0/s1. The van der Waals surface area contributed by atoms with Crippen LogP contribution >= 0.6 is 11.3 Å². The van der Waals surface area contributed by atoms with Gasteiger partial charge in [-0.05, 0) is 43.3 Å². The molecule has 2 heterocycles. The molecule has 2 N–H and O–H groups in total.